The number of aromatic amines is 1. The zero-order valence-electron chi connectivity index (χ0n) is 14.6. The number of ether oxygens (including phenoxy) is 1. The minimum atomic E-state index is -5.06. The lowest BCUT2D eigenvalue weighted by Gasteiger charge is -2.16. The lowest BCUT2D eigenvalue weighted by molar-refractivity contribution is -0.143. The molecule has 0 aliphatic rings. The number of nitriles is 1. The lowest BCUT2D eigenvalue weighted by Crippen LogP contribution is -2.12. The third-order valence-electron chi connectivity index (χ3n) is 3.90. The van der Waals surface area contributed by atoms with Crippen molar-refractivity contribution >= 4 is 11.6 Å². The number of halogens is 7. The maximum atomic E-state index is 13.2. The highest BCUT2D eigenvalue weighted by molar-refractivity contribution is 6.31. The zero-order chi connectivity index (χ0) is 22.1. The van der Waals surface area contributed by atoms with Gasteiger partial charge in [-0.1, -0.05) is 16.8 Å². The summed E-state index contributed by atoms with van der Waals surface area (Å²) in [6.07, 6.45) is -9.99. The second-order valence-electron chi connectivity index (χ2n) is 5.99. The van der Waals surface area contributed by atoms with E-state index in [1.54, 1.807) is 0 Å². The molecule has 5 nitrogen and oxygen atoms in total. The first-order chi connectivity index (χ1) is 14.0. The highest BCUT2D eigenvalue weighted by Crippen LogP contribution is 2.40. The lowest BCUT2D eigenvalue weighted by atomic mass is 10.1. The number of hydrogen-bond donors (Lipinski definition) is 1. The van der Waals surface area contributed by atoms with Gasteiger partial charge >= 0.3 is 12.4 Å². The number of hydrogen-bond acceptors (Lipinski definition) is 4. The molecule has 0 radical (unpaired) electrons. The molecule has 0 saturated carbocycles. The molecule has 0 aliphatic carbocycles. The smallest absolute Gasteiger partial charge is 0.419 e. The molecule has 30 heavy (non-hydrogen) atoms. The van der Waals surface area contributed by atoms with Crippen molar-refractivity contribution in [3.63, 3.8) is 0 Å². The number of H-pyrrole nitrogens is 1. The molecule has 0 saturated heterocycles. The Morgan fingerprint density at radius 3 is 2.40 bits per heavy atom. The maximum Gasteiger partial charge on any atom is 0.419 e. The quantitative estimate of drug-likeness (QED) is 0.528. The minimum absolute atomic E-state index is 0.00662. The highest BCUT2D eigenvalue weighted by atomic mass is 35.5. The Morgan fingerprint density at radius 2 is 1.77 bits per heavy atom. The van der Waals surface area contributed by atoms with Crippen molar-refractivity contribution < 1.29 is 31.1 Å². The van der Waals surface area contributed by atoms with Gasteiger partial charge in [0.05, 0.1) is 11.1 Å². The third kappa shape index (κ3) is 4.65. The molecule has 0 atom stereocenters. The van der Waals surface area contributed by atoms with E-state index >= 15 is 0 Å². The second-order valence-corrected chi connectivity index (χ2v) is 6.43. The SMILES string of the molecule is N#Cc1[nH]nnc1-c1cc(Cl)cc(COc2ccc(C(F)(F)F)cc2C(F)(F)F)c1. The molecule has 3 aromatic rings. The normalized spacial score (nSPS) is 11.9. The maximum absolute atomic E-state index is 13.2. The Balaban J connectivity index is 1.91. The standard InChI is InChI=1S/C18H9ClF6N4O/c19-12-4-9(3-10(5-12)16-14(7-26)27-29-28-16)8-30-15-2-1-11(17(20,21)22)6-13(15)18(23,24)25/h1-6H,8H2,(H,27,28,29). The molecule has 3 rings (SSSR count). The Hall–Kier alpha value is -3.26. The zero-order valence-corrected chi connectivity index (χ0v) is 15.3. The van der Waals surface area contributed by atoms with Crippen LogP contribution in [0.25, 0.3) is 11.3 Å². The van der Waals surface area contributed by atoms with Crippen LogP contribution >= 0.6 is 11.6 Å². The first-order valence-electron chi connectivity index (χ1n) is 8.01. The Labute approximate surface area is 169 Å². The van der Waals surface area contributed by atoms with E-state index in [9.17, 15) is 26.3 Å². The molecule has 0 aliphatic heterocycles. The summed E-state index contributed by atoms with van der Waals surface area (Å²) in [6.45, 7) is -0.429. The van der Waals surface area contributed by atoms with E-state index in [0.29, 0.717) is 23.3 Å². The molecule has 2 aromatic carbocycles. The third-order valence-corrected chi connectivity index (χ3v) is 4.12. The molecule has 0 fully saturated rings. The summed E-state index contributed by atoms with van der Waals surface area (Å²) < 4.78 is 83.1. The van der Waals surface area contributed by atoms with Gasteiger partial charge < -0.3 is 4.74 Å². The van der Waals surface area contributed by atoms with Crippen LogP contribution in [0.1, 0.15) is 22.4 Å². The summed E-state index contributed by atoms with van der Waals surface area (Å²) in [5, 5.41) is 18.9. The van der Waals surface area contributed by atoms with Crippen molar-refractivity contribution in [3.05, 3.63) is 63.8 Å². The predicted octanol–water partition coefficient (Wildman–Crippen LogP) is 5.61. The van der Waals surface area contributed by atoms with Crippen LogP contribution in [0.3, 0.4) is 0 Å². The fourth-order valence-electron chi connectivity index (χ4n) is 2.59. The van der Waals surface area contributed by atoms with Gasteiger partial charge in [0.1, 0.15) is 24.1 Å². The number of benzene rings is 2. The van der Waals surface area contributed by atoms with Gasteiger partial charge in [-0.25, -0.2) is 5.10 Å². The van der Waals surface area contributed by atoms with Gasteiger partial charge in [0.2, 0.25) is 0 Å². The molecule has 1 aromatic heterocycles. The van der Waals surface area contributed by atoms with Gasteiger partial charge in [0, 0.05) is 10.6 Å². The van der Waals surface area contributed by atoms with E-state index < -0.39 is 35.8 Å². The predicted molar refractivity (Wildman–Crippen MR) is 92.3 cm³/mol. The number of nitrogens with zero attached hydrogens (tertiary/aromatic N) is 3. The summed E-state index contributed by atoms with van der Waals surface area (Å²) in [5.74, 6) is -0.767. The first kappa shape index (κ1) is 21.4. The van der Waals surface area contributed by atoms with Crippen molar-refractivity contribution in [1.82, 2.24) is 15.4 Å². The molecule has 0 bridgehead atoms. The molecular formula is C18H9ClF6N4O. The topological polar surface area (TPSA) is 74.6 Å². The van der Waals surface area contributed by atoms with E-state index in [1.165, 1.54) is 18.2 Å². The monoisotopic (exact) mass is 446 g/mol. The molecule has 156 valence electrons. The van der Waals surface area contributed by atoms with Gasteiger partial charge in [-0.05, 0) is 42.0 Å². The van der Waals surface area contributed by atoms with E-state index in [0.717, 1.165) is 0 Å². The van der Waals surface area contributed by atoms with Crippen LogP contribution in [0.15, 0.2) is 36.4 Å². The van der Waals surface area contributed by atoms with Crippen LogP contribution in [0, 0.1) is 11.3 Å². The molecule has 1 heterocycles. The van der Waals surface area contributed by atoms with Crippen molar-refractivity contribution in [1.29, 1.82) is 5.26 Å². The summed E-state index contributed by atoms with van der Waals surface area (Å²) in [5.41, 5.74) is -2.12. The van der Waals surface area contributed by atoms with Crippen LogP contribution < -0.4 is 4.74 Å². The van der Waals surface area contributed by atoms with E-state index in [4.69, 9.17) is 21.6 Å². The van der Waals surface area contributed by atoms with Crippen LogP contribution in [0.5, 0.6) is 5.75 Å². The van der Waals surface area contributed by atoms with Crippen molar-refractivity contribution in [2.45, 2.75) is 19.0 Å². The summed E-state index contributed by atoms with van der Waals surface area (Å²) in [6, 6.07) is 7.27. The average Bonchev–Trinajstić information content (AvgIpc) is 3.13. The van der Waals surface area contributed by atoms with Gasteiger partial charge in [0.25, 0.3) is 0 Å². The number of alkyl halides is 6. The van der Waals surface area contributed by atoms with Gasteiger partial charge in [-0.3, -0.25) is 0 Å². The largest absolute Gasteiger partial charge is 0.488 e. The Bertz CT molecular complexity index is 1120. The number of aromatic nitrogens is 3. The summed E-state index contributed by atoms with van der Waals surface area (Å²) >= 11 is 6.02. The van der Waals surface area contributed by atoms with Crippen LogP contribution in [-0.4, -0.2) is 15.4 Å². The van der Waals surface area contributed by atoms with Crippen LogP contribution in [-0.2, 0) is 19.0 Å². The van der Waals surface area contributed by atoms with Crippen LogP contribution in [0.2, 0.25) is 5.02 Å². The fraction of sp³-hybridized carbons (Fsp3) is 0.167. The fourth-order valence-corrected chi connectivity index (χ4v) is 2.85. The van der Waals surface area contributed by atoms with Gasteiger partial charge in [0.15, 0.2) is 5.69 Å². The number of nitrogens with one attached hydrogen (secondary N) is 1. The molecule has 1 N–H and O–H groups in total. The average molecular weight is 447 g/mol. The Kier molecular flexibility index (Phi) is 5.63. The van der Waals surface area contributed by atoms with E-state index in [1.807, 2.05) is 6.07 Å². The molecule has 0 amide bonds. The van der Waals surface area contributed by atoms with Crippen molar-refractivity contribution in [2.75, 3.05) is 0 Å². The minimum Gasteiger partial charge on any atom is -0.488 e. The van der Waals surface area contributed by atoms with Crippen molar-refractivity contribution in [2.24, 2.45) is 0 Å². The van der Waals surface area contributed by atoms with Gasteiger partial charge in [-0.2, -0.15) is 31.6 Å². The van der Waals surface area contributed by atoms with E-state index in [-0.39, 0.29) is 22.5 Å². The van der Waals surface area contributed by atoms with Crippen molar-refractivity contribution in [3.8, 4) is 23.1 Å². The molecular weight excluding hydrogens is 438 g/mol. The Morgan fingerprint density at radius 1 is 1.03 bits per heavy atom. The molecule has 0 spiro atoms. The van der Waals surface area contributed by atoms with E-state index in [2.05, 4.69) is 15.4 Å². The second kappa shape index (κ2) is 7.87. The van der Waals surface area contributed by atoms with Gasteiger partial charge in [-0.15, -0.1) is 5.10 Å². The summed E-state index contributed by atoms with van der Waals surface area (Å²) in [7, 11) is 0. The molecule has 0 unspecified atom stereocenters. The van der Waals surface area contributed by atoms with Crippen LogP contribution in [0.4, 0.5) is 26.3 Å². The number of rotatable bonds is 4. The highest BCUT2D eigenvalue weighted by Gasteiger charge is 2.38. The first-order valence-corrected chi connectivity index (χ1v) is 8.39. The molecule has 12 heteroatoms. The summed E-state index contributed by atoms with van der Waals surface area (Å²) in [4.78, 5) is 0.